The van der Waals surface area contributed by atoms with Crippen molar-refractivity contribution in [3.8, 4) is 28.1 Å². The van der Waals surface area contributed by atoms with Crippen LogP contribution in [0, 0.1) is 13.8 Å². The van der Waals surface area contributed by atoms with Crippen molar-refractivity contribution >= 4 is 28.6 Å². The van der Waals surface area contributed by atoms with Crippen LogP contribution >= 0.6 is 0 Å². The number of anilines is 4. The van der Waals surface area contributed by atoms with Crippen LogP contribution in [-0.2, 0) is 13.6 Å². The molecule has 1 aromatic carbocycles. The highest BCUT2D eigenvalue weighted by Gasteiger charge is 2.24. The van der Waals surface area contributed by atoms with E-state index in [0.717, 1.165) is 66.2 Å². The van der Waals surface area contributed by atoms with Crippen molar-refractivity contribution in [1.82, 2.24) is 29.2 Å². The number of aryl methyl sites for hydroxylation is 3. The van der Waals surface area contributed by atoms with Crippen molar-refractivity contribution in [3.63, 3.8) is 0 Å². The molecule has 0 fully saturated rings. The third kappa shape index (κ3) is 5.59. The molecule has 0 atom stereocenters. The predicted octanol–water partition coefficient (Wildman–Crippen LogP) is 5.49. The number of aromatic nitrogens is 5. The molecule has 0 amide bonds. The molecule has 0 bridgehead atoms. The molecule has 10 nitrogen and oxygen atoms in total. The molecule has 0 saturated carbocycles. The van der Waals surface area contributed by atoms with Crippen molar-refractivity contribution in [2.75, 3.05) is 57.3 Å². The number of nitrogens with two attached hydrogens (primary N) is 1. The topological polar surface area (TPSA) is 102 Å². The summed E-state index contributed by atoms with van der Waals surface area (Å²) in [6, 6.07) is 3.86. The lowest BCUT2D eigenvalue weighted by Gasteiger charge is -2.24. The minimum Gasteiger partial charge on any atom is -0.494 e. The SMILES string of the molecule is CC=C1CCCn2cc(-c3nc(Nc4cc(N)c(N(C)CCN(C)C)cc4OC)ncc3-c3cn(C)nc3C)c(C)c21. The van der Waals surface area contributed by atoms with Crippen LogP contribution in [-0.4, -0.2) is 70.6 Å². The maximum Gasteiger partial charge on any atom is 0.227 e. The van der Waals surface area contributed by atoms with Gasteiger partial charge in [-0.15, -0.1) is 0 Å². The fraction of sp³-hybridized carbons (Fsp3) is 0.406. The smallest absolute Gasteiger partial charge is 0.227 e. The van der Waals surface area contributed by atoms with Gasteiger partial charge in [-0.05, 0) is 64.9 Å². The molecule has 0 radical (unpaired) electrons. The number of allylic oxidation sites excluding steroid dienone is 2. The van der Waals surface area contributed by atoms with Crippen molar-refractivity contribution < 1.29 is 4.74 Å². The lowest BCUT2D eigenvalue weighted by Crippen LogP contribution is -2.29. The van der Waals surface area contributed by atoms with Crippen LogP contribution < -0.4 is 20.7 Å². The summed E-state index contributed by atoms with van der Waals surface area (Å²) in [5.41, 5.74) is 17.6. The molecule has 5 rings (SSSR count). The summed E-state index contributed by atoms with van der Waals surface area (Å²) in [5.74, 6) is 1.14. The second kappa shape index (κ2) is 11.9. The molecule has 1 aliphatic heterocycles. The molecule has 1 aliphatic rings. The first-order valence-electron chi connectivity index (χ1n) is 14.4. The van der Waals surface area contributed by atoms with Crippen molar-refractivity contribution in [2.45, 2.75) is 40.2 Å². The number of benzene rings is 1. The van der Waals surface area contributed by atoms with Gasteiger partial charge in [0.05, 0.1) is 35.6 Å². The number of rotatable bonds is 9. The molecule has 10 heteroatoms. The molecule has 0 saturated heterocycles. The fourth-order valence-electron chi connectivity index (χ4n) is 5.82. The number of hydrogen-bond acceptors (Lipinski definition) is 8. The molecule has 4 heterocycles. The van der Waals surface area contributed by atoms with E-state index in [4.69, 9.17) is 20.4 Å². The van der Waals surface area contributed by atoms with Gasteiger partial charge >= 0.3 is 0 Å². The van der Waals surface area contributed by atoms with Crippen LogP contribution in [0.15, 0.2) is 36.8 Å². The highest BCUT2D eigenvalue weighted by Crippen LogP contribution is 2.41. The predicted molar refractivity (Wildman–Crippen MR) is 173 cm³/mol. The zero-order chi connectivity index (χ0) is 30.1. The fourth-order valence-corrected chi connectivity index (χ4v) is 5.82. The molecule has 4 aromatic rings. The van der Waals surface area contributed by atoms with Gasteiger partial charge in [-0.1, -0.05) is 6.08 Å². The maximum absolute atomic E-state index is 6.54. The summed E-state index contributed by atoms with van der Waals surface area (Å²) >= 11 is 0. The quantitative estimate of drug-likeness (QED) is 0.255. The van der Waals surface area contributed by atoms with Gasteiger partial charge in [0, 0.05) is 80.8 Å². The number of methoxy groups -OCH3 is 1. The molecule has 0 spiro atoms. The second-order valence-electron chi connectivity index (χ2n) is 11.3. The van der Waals surface area contributed by atoms with Crippen LogP contribution in [0.4, 0.5) is 23.0 Å². The van der Waals surface area contributed by atoms with E-state index >= 15 is 0 Å². The summed E-state index contributed by atoms with van der Waals surface area (Å²) in [5, 5.41) is 7.99. The Morgan fingerprint density at radius 2 is 1.88 bits per heavy atom. The number of nitrogens with zero attached hydrogens (tertiary/aromatic N) is 7. The average Bonchev–Trinajstić information content (AvgIpc) is 3.49. The van der Waals surface area contributed by atoms with E-state index < -0.39 is 0 Å². The number of hydrogen-bond donors (Lipinski definition) is 2. The Hall–Kier alpha value is -4.31. The summed E-state index contributed by atoms with van der Waals surface area (Å²) < 4.78 is 9.99. The monoisotopic (exact) mass is 569 g/mol. The highest BCUT2D eigenvalue weighted by atomic mass is 16.5. The summed E-state index contributed by atoms with van der Waals surface area (Å²) in [7, 11) is 9.75. The Labute approximate surface area is 248 Å². The van der Waals surface area contributed by atoms with Crippen LogP contribution in [0.3, 0.4) is 0 Å². The van der Waals surface area contributed by atoms with Gasteiger partial charge in [0.2, 0.25) is 5.95 Å². The molecule has 0 aliphatic carbocycles. The molecule has 42 heavy (non-hydrogen) atoms. The molecule has 0 unspecified atom stereocenters. The largest absolute Gasteiger partial charge is 0.494 e. The van der Waals surface area contributed by atoms with Crippen molar-refractivity contribution in [2.24, 2.45) is 7.05 Å². The van der Waals surface area contributed by atoms with Gasteiger partial charge in [0.15, 0.2) is 0 Å². The number of nitrogens with one attached hydrogen (secondary N) is 1. The second-order valence-corrected chi connectivity index (χ2v) is 11.3. The standard InChI is InChI=1S/C32H43N9O/c1-9-22-11-10-12-41-19-24(20(2)31(22)41)30-23(25-18-40(7)37-21(25)3)17-34-32(36-30)35-27-15-26(33)28(16-29(27)42-8)39(6)14-13-38(4)5/h9,15-19H,10-14,33H2,1-8H3,(H,34,35,36). The average molecular weight is 570 g/mol. The van der Waals surface area contributed by atoms with Crippen molar-refractivity contribution in [1.29, 1.82) is 0 Å². The Morgan fingerprint density at radius 3 is 2.55 bits per heavy atom. The molecule has 222 valence electrons. The van der Waals surface area contributed by atoms with E-state index in [1.807, 2.05) is 50.2 Å². The normalized spacial score (nSPS) is 14.0. The first-order valence-corrected chi connectivity index (χ1v) is 14.4. The van der Waals surface area contributed by atoms with E-state index in [1.165, 1.54) is 16.8 Å². The molecule has 3 N–H and O–H groups in total. The zero-order valence-corrected chi connectivity index (χ0v) is 26.1. The van der Waals surface area contributed by atoms with Gasteiger partial charge in [-0.25, -0.2) is 9.97 Å². The molecular formula is C32H43N9O. The number of fused-ring (bicyclic) bond motifs is 1. The minimum absolute atomic E-state index is 0.469. The van der Waals surface area contributed by atoms with E-state index in [9.17, 15) is 0 Å². The first-order chi connectivity index (χ1) is 20.1. The van der Waals surface area contributed by atoms with Crippen LogP contribution in [0.5, 0.6) is 5.75 Å². The minimum atomic E-state index is 0.469. The Bertz CT molecular complexity index is 1630. The summed E-state index contributed by atoms with van der Waals surface area (Å²) in [6.07, 6.45) is 10.6. The van der Waals surface area contributed by atoms with E-state index in [2.05, 4.69) is 65.0 Å². The van der Waals surface area contributed by atoms with Gasteiger partial charge in [0.1, 0.15) is 5.75 Å². The van der Waals surface area contributed by atoms with Crippen molar-refractivity contribution in [3.05, 3.63) is 53.8 Å². The zero-order valence-electron chi connectivity index (χ0n) is 26.1. The lowest BCUT2D eigenvalue weighted by molar-refractivity contribution is 0.413. The van der Waals surface area contributed by atoms with E-state index in [0.29, 0.717) is 23.1 Å². The summed E-state index contributed by atoms with van der Waals surface area (Å²) in [4.78, 5) is 14.2. The Morgan fingerprint density at radius 1 is 1.10 bits per heavy atom. The van der Waals surface area contributed by atoms with Gasteiger partial charge in [-0.3, -0.25) is 4.68 Å². The highest BCUT2D eigenvalue weighted by molar-refractivity contribution is 5.86. The Kier molecular flexibility index (Phi) is 8.27. The molecule has 3 aromatic heterocycles. The van der Waals surface area contributed by atoms with Crippen LogP contribution in [0.25, 0.3) is 28.0 Å². The first kappa shape index (κ1) is 29.2. The van der Waals surface area contributed by atoms with Gasteiger partial charge < -0.3 is 30.2 Å². The maximum atomic E-state index is 6.54. The van der Waals surface area contributed by atoms with Crippen LogP contribution in [0.1, 0.15) is 36.7 Å². The van der Waals surface area contributed by atoms with Gasteiger partial charge in [0.25, 0.3) is 0 Å². The third-order valence-corrected chi connectivity index (χ3v) is 8.07. The lowest BCUT2D eigenvalue weighted by atomic mass is 9.96. The number of likely N-dealkylation sites (N-methyl/N-ethyl adjacent to an activating group) is 2. The van der Waals surface area contributed by atoms with E-state index in [1.54, 1.807) is 7.11 Å². The number of nitrogen functional groups attached to an aromatic ring is 1. The van der Waals surface area contributed by atoms with E-state index in [-0.39, 0.29) is 0 Å². The summed E-state index contributed by atoms with van der Waals surface area (Å²) in [6.45, 7) is 9.09. The van der Waals surface area contributed by atoms with Gasteiger partial charge in [-0.2, -0.15) is 5.10 Å². The Balaban J connectivity index is 1.59. The third-order valence-electron chi connectivity index (χ3n) is 8.07. The molecular weight excluding hydrogens is 526 g/mol. The number of ether oxygens (including phenoxy) is 1. The van der Waals surface area contributed by atoms with Crippen LogP contribution in [0.2, 0.25) is 0 Å².